The monoisotopic (exact) mass is 465 g/mol. The standard InChI is InChI=1S/C24H28FN7O2/c25-18-5-6-32(13-19(18)26)24-22-21(28-14-29-24)17(23(27)33)11-20(30-22)16-3-1-15(2-4-16)12-31-7-9-34-10-8-31/h1-4,11,14,18-19H,5-10,12-13,26H2,(H2,27,33)/t18-,19-/m1/s1. The number of amides is 1. The van der Waals surface area contributed by atoms with Gasteiger partial charge in [0.15, 0.2) is 5.82 Å². The van der Waals surface area contributed by atoms with Crippen LogP contribution in [0.4, 0.5) is 10.2 Å². The molecule has 2 aliphatic rings. The number of rotatable bonds is 5. The summed E-state index contributed by atoms with van der Waals surface area (Å²) in [5, 5.41) is 0. The van der Waals surface area contributed by atoms with Crippen molar-refractivity contribution in [3.63, 3.8) is 0 Å². The number of carbonyl (C=O) groups is 1. The average molecular weight is 466 g/mol. The van der Waals surface area contributed by atoms with Gasteiger partial charge in [-0.15, -0.1) is 0 Å². The third-order valence-corrected chi connectivity index (χ3v) is 6.47. The first-order valence-electron chi connectivity index (χ1n) is 11.5. The maximum absolute atomic E-state index is 13.9. The van der Waals surface area contributed by atoms with Crippen molar-refractivity contribution >= 4 is 22.8 Å². The van der Waals surface area contributed by atoms with Crippen LogP contribution in [-0.4, -0.2) is 77.4 Å². The minimum absolute atomic E-state index is 0.269. The normalized spacial score (nSPS) is 21.6. The molecule has 1 aromatic carbocycles. The summed E-state index contributed by atoms with van der Waals surface area (Å²) in [6, 6.07) is 9.16. The third-order valence-electron chi connectivity index (χ3n) is 6.47. The third kappa shape index (κ3) is 4.56. The fraction of sp³-hybridized carbons (Fsp3) is 0.417. The second-order valence-electron chi connectivity index (χ2n) is 8.81. The molecule has 1 amide bonds. The Morgan fingerprint density at radius 2 is 1.88 bits per heavy atom. The highest BCUT2D eigenvalue weighted by atomic mass is 19.1. The van der Waals surface area contributed by atoms with Crippen LogP contribution in [0.5, 0.6) is 0 Å². The second-order valence-corrected chi connectivity index (χ2v) is 8.81. The highest BCUT2D eigenvalue weighted by Gasteiger charge is 2.29. The van der Waals surface area contributed by atoms with Crippen molar-refractivity contribution < 1.29 is 13.9 Å². The van der Waals surface area contributed by atoms with E-state index in [1.807, 2.05) is 17.0 Å². The van der Waals surface area contributed by atoms with Gasteiger partial charge in [-0.3, -0.25) is 9.69 Å². The maximum Gasteiger partial charge on any atom is 0.251 e. The van der Waals surface area contributed by atoms with Crippen LogP contribution >= 0.6 is 0 Å². The van der Waals surface area contributed by atoms with Crippen molar-refractivity contribution in [3.05, 3.63) is 47.8 Å². The smallest absolute Gasteiger partial charge is 0.251 e. The highest BCUT2D eigenvalue weighted by Crippen LogP contribution is 2.30. The Morgan fingerprint density at radius 3 is 2.59 bits per heavy atom. The predicted molar refractivity (Wildman–Crippen MR) is 127 cm³/mol. The topological polar surface area (TPSA) is 123 Å². The first-order chi connectivity index (χ1) is 16.5. The van der Waals surface area contributed by atoms with E-state index in [-0.39, 0.29) is 5.56 Å². The van der Waals surface area contributed by atoms with Crippen molar-refractivity contribution in [2.75, 3.05) is 44.3 Å². The summed E-state index contributed by atoms with van der Waals surface area (Å²) in [7, 11) is 0. The van der Waals surface area contributed by atoms with Crippen LogP contribution in [0.2, 0.25) is 0 Å². The van der Waals surface area contributed by atoms with E-state index in [0.717, 1.165) is 38.4 Å². The summed E-state index contributed by atoms with van der Waals surface area (Å²) < 4.78 is 19.4. The van der Waals surface area contributed by atoms with Crippen LogP contribution in [0.1, 0.15) is 22.3 Å². The fourth-order valence-corrected chi connectivity index (χ4v) is 4.54. The van der Waals surface area contributed by atoms with E-state index in [2.05, 4.69) is 27.0 Å². The van der Waals surface area contributed by atoms with Gasteiger partial charge in [-0.05, 0) is 18.1 Å². The zero-order valence-electron chi connectivity index (χ0n) is 18.9. The van der Waals surface area contributed by atoms with Gasteiger partial charge in [0, 0.05) is 38.3 Å². The molecule has 2 fully saturated rings. The van der Waals surface area contributed by atoms with Crippen molar-refractivity contribution in [3.8, 4) is 11.3 Å². The molecule has 4 N–H and O–H groups in total. The van der Waals surface area contributed by atoms with E-state index in [4.69, 9.17) is 21.2 Å². The Bertz CT molecular complexity index is 1180. The minimum atomic E-state index is -1.05. The van der Waals surface area contributed by atoms with Gasteiger partial charge in [0.25, 0.3) is 5.91 Å². The Hall–Kier alpha value is -3.21. The lowest BCUT2D eigenvalue weighted by molar-refractivity contribution is 0.0342. The summed E-state index contributed by atoms with van der Waals surface area (Å²) in [6.45, 7) is 4.96. The number of carbonyl (C=O) groups excluding carboxylic acids is 1. The average Bonchev–Trinajstić information content (AvgIpc) is 2.86. The number of hydrogen-bond donors (Lipinski definition) is 2. The maximum atomic E-state index is 13.9. The lowest BCUT2D eigenvalue weighted by Gasteiger charge is -2.34. The molecular weight excluding hydrogens is 437 g/mol. The molecule has 0 aliphatic carbocycles. The largest absolute Gasteiger partial charge is 0.379 e. The lowest BCUT2D eigenvalue weighted by atomic mass is 10.0. The molecule has 2 aliphatic heterocycles. The van der Waals surface area contributed by atoms with Crippen LogP contribution < -0.4 is 16.4 Å². The van der Waals surface area contributed by atoms with Gasteiger partial charge in [0.1, 0.15) is 23.5 Å². The molecular formula is C24H28FN7O2. The van der Waals surface area contributed by atoms with E-state index in [1.54, 1.807) is 6.07 Å². The molecule has 0 saturated carbocycles. The molecule has 0 radical (unpaired) electrons. The summed E-state index contributed by atoms with van der Waals surface area (Å²) in [4.78, 5) is 30.1. The van der Waals surface area contributed by atoms with Gasteiger partial charge in [0.2, 0.25) is 0 Å². The van der Waals surface area contributed by atoms with Gasteiger partial charge in [0.05, 0.1) is 30.5 Å². The molecule has 5 rings (SSSR count). The molecule has 2 aromatic heterocycles. The summed E-state index contributed by atoms with van der Waals surface area (Å²) >= 11 is 0. The number of morpholine rings is 1. The van der Waals surface area contributed by atoms with Crippen molar-refractivity contribution in [2.24, 2.45) is 11.5 Å². The van der Waals surface area contributed by atoms with Gasteiger partial charge in [-0.25, -0.2) is 19.3 Å². The number of anilines is 1. The number of primary amides is 1. The van der Waals surface area contributed by atoms with Crippen LogP contribution in [-0.2, 0) is 11.3 Å². The number of fused-ring (bicyclic) bond motifs is 1. The van der Waals surface area contributed by atoms with Crippen molar-refractivity contribution in [1.82, 2.24) is 19.9 Å². The number of halogens is 1. The molecule has 34 heavy (non-hydrogen) atoms. The molecule has 10 heteroatoms. The van der Waals surface area contributed by atoms with Crippen LogP contribution in [0.3, 0.4) is 0 Å². The highest BCUT2D eigenvalue weighted by molar-refractivity contribution is 6.07. The van der Waals surface area contributed by atoms with E-state index < -0.39 is 18.1 Å². The number of piperidine rings is 1. The zero-order chi connectivity index (χ0) is 23.7. The zero-order valence-corrected chi connectivity index (χ0v) is 18.9. The Balaban J connectivity index is 1.50. The molecule has 4 heterocycles. The van der Waals surface area contributed by atoms with Gasteiger partial charge < -0.3 is 21.1 Å². The lowest BCUT2D eigenvalue weighted by Crippen LogP contribution is -2.50. The molecule has 0 unspecified atom stereocenters. The number of hydrogen-bond acceptors (Lipinski definition) is 8. The summed E-state index contributed by atoms with van der Waals surface area (Å²) in [6.07, 6.45) is 0.628. The number of ether oxygens (including phenoxy) is 1. The molecule has 178 valence electrons. The van der Waals surface area contributed by atoms with E-state index in [9.17, 15) is 9.18 Å². The molecule has 0 bridgehead atoms. The Labute approximate surface area is 196 Å². The molecule has 2 atom stereocenters. The number of alkyl halides is 1. The molecule has 0 spiro atoms. The van der Waals surface area contributed by atoms with Gasteiger partial charge in [-0.2, -0.15) is 0 Å². The van der Waals surface area contributed by atoms with Crippen LogP contribution in [0.15, 0.2) is 36.7 Å². The minimum Gasteiger partial charge on any atom is -0.379 e. The first kappa shape index (κ1) is 22.6. The summed E-state index contributed by atoms with van der Waals surface area (Å²) in [5.74, 6) is -0.0676. The molecule has 2 saturated heterocycles. The number of aromatic nitrogens is 3. The Morgan fingerprint density at radius 1 is 1.12 bits per heavy atom. The number of nitrogens with zero attached hydrogens (tertiary/aromatic N) is 5. The second kappa shape index (κ2) is 9.57. The van der Waals surface area contributed by atoms with Crippen LogP contribution in [0, 0.1) is 0 Å². The molecule has 3 aromatic rings. The number of benzene rings is 1. The van der Waals surface area contributed by atoms with Crippen molar-refractivity contribution in [1.29, 1.82) is 0 Å². The molecule has 9 nitrogen and oxygen atoms in total. The predicted octanol–water partition coefficient (Wildman–Crippen LogP) is 1.50. The van der Waals surface area contributed by atoms with Crippen molar-refractivity contribution in [2.45, 2.75) is 25.2 Å². The fourth-order valence-electron chi connectivity index (χ4n) is 4.54. The van der Waals surface area contributed by atoms with Crippen LogP contribution in [0.25, 0.3) is 22.3 Å². The van der Waals surface area contributed by atoms with Gasteiger partial charge in [-0.1, -0.05) is 24.3 Å². The first-order valence-corrected chi connectivity index (χ1v) is 11.5. The van der Waals surface area contributed by atoms with E-state index in [0.29, 0.717) is 42.1 Å². The van der Waals surface area contributed by atoms with E-state index >= 15 is 0 Å². The number of pyridine rings is 1. The Kier molecular flexibility index (Phi) is 6.36. The summed E-state index contributed by atoms with van der Waals surface area (Å²) in [5.41, 5.74) is 15.4. The van der Waals surface area contributed by atoms with Gasteiger partial charge >= 0.3 is 0 Å². The number of nitrogens with two attached hydrogens (primary N) is 2. The van der Waals surface area contributed by atoms with E-state index in [1.165, 1.54) is 11.9 Å². The SMILES string of the molecule is NC(=O)c1cc(-c2ccc(CN3CCOCC3)cc2)nc2c(N3CC[C@@H](F)[C@H](N)C3)ncnc12. The quantitative estimate of drug-likeness (QED) is 0.581.